The number of carbonyl (C=O) groups is 2. The number of hydrogen-bond acceptors (Lipinski definition) is 2. The molecule has 0 aliphatic rings. The van der Waals surface area contributed by atoms with E-state index in [1.807, 2.05) is 31.2 Å². The van der Waals surface area contributed by atoms with E-state index in [-0.39, 0.29) is 11.8 Å². The number of amides is 2. The van der Waals surface area contributed by atoms with Crippen LogP contribution < -0.4 is 10.6 Å². The van der Waals surface area contributed by atoms with E-state index in [4.69, 9.17) is 0 Å². The Hall–Kier alpha value is -2.62. The molecule has 0 aromatic heterocycles. The van der Waals surface area contributed by atoms with Crippen molar-refractivity contribution in [3.8, 4) is 0 Å². The van der Waals surface area contributed by atoms with Crippen molar-refractivity contribution >= 4 is 17.5 Å². The van der Waals surface area contributed by atoms with E-state index in [1.165, 1.54) is 0 Å². The van der Waals surface area contributed by atoms with Crippen molar-refractivity contribution < 1.29 is 9.59 Å². The highest BCUT2D eigenvalue weighted by Crippen LogP contribution is 2.13. The molecule has 0 aliphatic heterocycles. The summed E-state index contributed by atoms with van der Waals surface area (Å²) in [5.74, 6) is -0.275. The maximum absolute atomic E-state index is 12.1. The predicted octanol–water partition coefficient (Wildman–Crippen LogP) is 2.54. The lowest BCUT2D eigenvalue weighted by Gasteiger charge is -2.08. The average Bonchev–Trinajstić information content (AvgIpc) is 2.49. The van der Waals surface area contributed by atoms with Gasteiger partial charge in [-0.15, -0.1) is 0 Å². The molecule has 0 unspecified atom stereocenters. The Kier molecular flexibility index (Phi) is 4.72. The molecule has 4 nitrogen and oxygen atoms in total. The summed E-state index contributed by atoms with van der Waals surface area (Å²) < 4.78 is 0. The predicted molar refractivity (Wildman–Crippen MR) is 83.3 cm³/mol. The largest absolute Gasteiger partial charge is 0.355 e. The second kappa shape index (κ2) is 6.70. The van der Waals surface area contributed by atoms with Gasteiger partial charge in [-0.2, -0.15) is 0 Å². The van der Waals surface area contributed by atoms with Crippen LogP contribution in [0, 0.1) is 6.92 Å². The summed E-state index contributed by atoms with van der Waals surface area (Å²) in [5, 5.41) is 5.38. The third kappa shape index (κ3) is 3.92. The molecule has 0 saturated heterocycles. The molecule has 2 aromatic rings. The van der Waals surface area contributed by atoms with Crippen LogP contribution in [-0.2, 0) is 11.2 Å². The standard InChI is InChI=1S/C17H18N2O2/c1-12-6-3-4-7-13(12)11-16(20)19-15-9-5-8-14(10-15)17(21)18-2/h3-10H,11H2,1-2H3,(H,18,21)(H,19,20). The Bertz CT molecular complexity index is 665. The summed E-state index contributed by atoms with van der Waals surface area (Å²) in [6.07, 6.45) is 0.316. The van der Waals surface area contributed by atoms with E-state index in [0.29, 0.717) is 17.7 Å². The van der Waals surface area contributed by atoms with Gasteiger partial charge in [0.15, 0.2) is 0 Å². The van der Waals surface area contributed by atoms with Crippen LogP contribution in [0.15, 0.2) is 48.5 Å². The van der Waals surface area contributed by atoms with Crippen LogP contribution in [-0.4, -0.2) is 18.9 Å². The number of rotatable bonds is 4. The lowest BCUT2D eigenvalue weighted by Crippen LogP contribution is -2.19. The quantitative estimate of drug-likeness (QED) is 0.905. The number of nitrogens with one attached hydrogen (secondary N) is 2. The molecule has 0 aliphatic carbocycles. The molecule has 0 radical (unpaired) electrons. The van der Waals surface area contributed by atoms with E-state index in [0.717, 1.165) is 11.1 Å². The Balaban J connectivity index is 2.06. The summed E-state index contributed by atoms with van der Waals surface area (Å²) in [7, 11) is 1.58. The first kappa shape index (κ1) is 14.8. The minimum atomic E-state index is -0.176. The molecule has 0 fully saturated rings. The summed E-state index contributed by atoms with van der Waals surface area (Å²) in [5.41, 5.74) is 3.23. The molecular weight excluding hydrogens is 264 g/mol. The van der Waals surface area contributed by atoms with Crippen LogP contribution in [0.25, 0.3) is 0 Å². The van der Waals surface area contributed by atoms with Crippen molar-refractivity contribution in [3.05, 3.63) is 65.2 Å². The molecule has 0 atom stereocenters. The maximum atomic E-state index is 12.1. The van der Waals surface area contributed by atoms with Crippen molar-refractivity contribution in [1.82, 2.24) is 5.32 Å². The molecule has 2 N–H and O–H groups in total. The molecule has 2 rings (SSSR count). The van der Waals surface area contributed by atoms with Crippen molar-refractivity contribution in [1.29, 1.82) is 0 Å². The summed E-state index contributed by atoms with van der Waals surface area (Å²) in [6, 6.07) is 14.7. The first-order valence-electron chi connectivity index (χ1n) is 6.76. The number of benzene rings is 2. The highest BCUT2D eigenvalue weighted by Gasteiger charge is 2.08. The maximum Gasteiger partial charge on any atom is 0.251 e. The summed E-state index contributed by atoms with van der Waals surface area (Å²) in [6.45, 7) is 1.98. The Morgan fingerprint density at radius 1 is 1.05 bits per heavy atom. The van der Waals surface area contributed by atoms with Crippen molar-refractivity contribution in [2.75, 3.05) is 12.4 Å². The van der Waals surface area contributed by atoms with Crippen LogP contribution in [0.1, 0.15) is 21.5 Å². The van der Waals surface area contributed by atoms with Crippen LogP contribution >= 0.6 is 0 Å². The molecular formula is C17H18N2O2. The third-order valence-corrected chi connectivity index (χ3v) is 3.25. The fourth-order valence-corrected chi connectivity index (χ4v) is 2.07. The molecule has 0 saturated carbocycles. The lowest BCUT2D eigenvalue weighted by molar-refractivity contribution is -0.115. The number of hydrogen-bond donors (Lipinski definition) is 2. The molecule has 0 bridgehead atoms. The Labute approximate surface area is 124 Å². The summed E-state index contributed by atoms with van der Waals surface area (Å²) >= 11 is 0. The highest BCUT2D eigenvalue weighted by atomic mass is 16.2. The van der Waals surface area contributed by atoms with Gasteiger partial charge in [-0.05, 0) is 36.2 Å². The Morgan fingerprint density at radius 3 is 2.52 bits per heavy atom. The minimum Gasteiger partial charge on any atom is -0.355 e. The first-order valence-corrected chi connectivity index (χ1v) is 6.76. The summed E-state index contributed by atoms with van der Waals surface area (Å²) in [4.78, 5) is 23.6. The highest BCUT2D eigenvalue weighted by molar-refractivity contribution is 5.97. The minimum absolute atomic E-state index is 0.0987. The second-order valence-corrected chi connectivity index (χ2v) is 4.81. The van der Waals surface area contributed by atoms with E-state index in [1.54, 1.807) is 31.3 Å². The molecule has 2 amide bonds. The van der Waals surface area contributed by atoms with Gasteiger partial charge in [0.1, 0.15) is 0 Å². The number of carbonyl (C=O) groups excluding carboxylic acids is 2. The van der Waals surface area contributed by atoms with Gasteiger partial charge < -0.3 is 10.6 Å². The number of aryl methyl sites for hydroxylation is 1. The van der Waals surface area contributed by atoms with Gasteiger partial charge in [0.05, 0.1) is 6.42 Å². The zero-order valence-corrected chi connectivity index (χ0v) is 12.1. The van der Waals surface area contributed by atoms with Crippen molar-refractivity contribution in [2.24, 2.45) is 0 Å². The molecule has 0 heterocycles. The average molecular weight is 282 g/mol. The zero-order chi connectivity index (χ0) is 15.2. The van der Waals surface area contributed by atoms with Crippen LogP contribution in [0.3, 0.4) is 0 Å². The van der Waals surface area contributed by atoms with Crippen LogP contribution in [0.5, 0.6) is 0 Å². The normalized spacial score (nSPS) is 10.0. The Morgan fingerprint density at radius 2 is 1.81 bits per heavy atom. The van der Waals surface area contributed by atoms with Gasteiger partial charge in [0, 0.05) is 18.3 Å². The molecule has 2 aromatic carbocycles. The monoisotopic (exact) mass is 282 g/mol. The van der Waals surface area contributed by atoms with Crippen LogP contribution in [0.4, 0.5) is 5.69 Å². The van der Waals surface area contributed by atoms with Gasteiger partial charge in [-0.1, -0.05) is 30.3 Å². The zero-order valence-electron chi connectivity index (χ0n) is 12.1. The van der Waals surface area contributed by atoms with Gasteiger partial charge in [0.25, 0.3) is 5.91 Å². The molecule has 21 heavy (non-hydrogen) atoms. The fourth-order valence-electron chi connectivity index (χ4n) is 2.07. The van der Waals surface area contributed by atoms with E-state index in [9.17, 15) is 9.59 Å². The van der Waals surface area contributed by atoms with Crippen molar-refractivity contribution in [3.63, 3.8) is 0 Å². The first-order chi connectivity index (χ1) is 10.1. The van der Waals surface area contributed by atoms with Crippen LogP contribution in [0.2, 0.25) is 0 Å². The fraction of sp³-hybridized carbons (Fsp3) is 0.176. The third-order valence-electron chi connectivity index (χ3n) is 3.25. The van der Waals surface area contributed by atoms with E-state index < -0.39 is 0 Å². The van der Waals surface area contributed by atoms with Gasteiger partial charge in [-0.3, -0.25) is 9.59 Å². The topological polar surface area (TPSA) is 58.2 Å². The van der Waals surface area contributed by atoms with Gasteiger partial charge in [-0.25, -0.2) is 0 Å². The molecule has 4 heteroatoms. The van der Waals surface area contributed by atoms with E-state index >= 15 is 0 Å². The van der Waals surface area contributed by atoms with Gasteiger partial charge in [0.2, 0.25) is 5.91 Å². The lowest BCUT2D eigenvalue weighted by atomic mass is 10.1. The van der Waals surface area contributed by atoms with Gasteiger partial charge >= 0.3 is 0 Å². The second-order valence-electron chi connectivity index (χ2n) is 4.81. The SMILES string of the molecule is CNC(=O)c1cccc(NC(=O)Cc2ccccc2C)c1. The molecule has 108 valence electrons. The smallest absolute Gasteiger partial charge is 0.251 e. The number of anilines is 1. The van der Waals surface area contributed by atoms with Crippen molar-refractivity contribution in [2.45, 2.75) is 13.3 Å². The van der Waals surface area contributed by atoms with E-state index in [2.05, 4.69) is 10.6 Å². The molecule has 0 spiro atoms.